The van der Waals surface area contributed by atoms with Crippen molar-refractivity contribution in [2.75, 3.05) is 4.90 Å². The van der Waals surface area contributed by atoms with Crippen LogP contribution in [0.15, 0.2) is 188 Å². The number of thiophene rings is 1. The van der Waals surface area contributed by atoms with E-state index in [1.165, 1.54) is 82.2 Å². The standard InChI is InChI=1S/C55H45NS/c1-54(2)36-55(3,4)51-35-43(27-34-50(51)54)41-19-17-38(18-20-41)40-23-30-45(31-24-40)56(44-28-21-39(22-29-44)37-11-6-5-7-12-37)46-32-25-42(26-33-46)47-14-10-15-49-48-13-8-9-16-52(48)57-53(47)49/h5-35H,36H2,1-4H3. The number of anilines is 3. The van der Waals surface area contributed by atoms with Crippen LogP contribution in [0.2, 0.25) is 0 Å². The van der Waals surface area contributed by atoms with Crippen LogP contribution in [0.25, 0.3) is 64.7 Å². The van der Waals surface area contributed by atoms with Crippen molar-refractivity contribution in [1.29, 1.82) is 0 Å². The van der Waals surface area contributed by atoms with Gasteiger partial charge in [0.25, 0.3) is 0 Å². The van der Waals surface area contributed by atoms with E-state index in [2.05, 4.69) is 221 Å². The van der Waals surface area contributed by atoms with E-state index in [9.17, 15) is 0 Å². The van der Waals surface area contributed by atoms with E-state index in [0.717, 1.165) is 17.1 Å². The van der Waals surface area contributed by atoms with E-state index >= 15 is 0 Å². The first kappa shape index (κ1) is 35.2. The van der Waals surface area contributed by atoms with Gasteiger partial charge in [-0.3, -0.25) is 0 Å². The number of rotatable bonds is 7. The van der Waals surface area contributed by atoms with E-state index in [1.807, 2.05) is 11.3 Å². The van der Waals surface area contributed by atoms with E-state index in [1.54, 1.807) is 0 Å². The average Bonchev–Trinajstić information content (AvgIpc) is 3.72. The van der Waals surface area contributed by atoms with E-state index in [-0.39, 0.29) is 10.8 Å². The Morgan fingerprint density at radius 3 is 1.46 bits per heavy atom. The first-order valence-corrected chi connectivity index (χ1v) is 20.9. The summed E-state index contributed by atoms with van der Waals surface area (Å²) in [7, 11) is 0. The topological polar surface area (TPSA) is 3.24 Å². The van der Waals surface area contributed by atoms with Gasteiger partial charge in [0, 0.05) is 37.2 Å². The third-order valence-corrected chi connectivity index (χ3v) is 13.3. The molecule has 1 aromatic heterocycles. The van der Waals surface area contributed by atoms with Gasteiger partial charge in [-0.15, -0.1) is 11.3 Å². The van der Waals surface area contributed by atoms with Crippen LogP contribution in [0.5, 0.6) is 0 Å². The molecule has 57 heavy (non-hydrogen) atoms. The minimum absolute atomic E-state index is 0.185. The van der Waals surface area contributed by atoms with Crippen molar-refractivity contribution in [1.82, 2.24) is 0 Å². The van der Waals surface area contributed by atoms with Crippen LogP contribution in [0, 0.1) is 0 Å². The number of benzene rings is 8. The Morgan fingerprint density at radius 1 is 0.386 bits per heavy atom. The van der Waals surface area contributed by atoms with Gasteiger partial charge in [0.15, 0.2) is 0 Å². The van der Waals surface area contributed by atoms with Gasteiger partial charge in [-0.2, -0.15) is 0 Å². The third-order valence-electron chi connectivity index (χ3n) is 12.1. The monoisotopic (exact) mass is 751 g/mol. The van der Waals surface area contributed by atoms with Crippen LogP contribution in [-0.2, 0) is 10.8 Å². The van der Waals surface area contributed by atoms with E-state index < -0.39 is 0 Å². The number of nitrogens with zero attached hydrogens (tertiary/aromatic N) is 1. The van der Waals surface area contributed by atoms with Crippen molar-refractivity contribution in [3.8, 4) is 44.5 Å². The summed E-state index contributed by atoms with van der Waals surface area (Å²) in [6, 6.07) is 69.3. The second kappa shape index (κ2) is 13.8. The lowest BCUT2D eigenvalue weighted by Crippen LogP contribution is -2.17. The summed E-state index contributed by atoms with van der Waals surface area (Å²) in [4.78, 5) is 2.36. The highest BCUT2D eigenvalue weighted by atomic mass is 32.1. The van der Waals surface area contributed by atoms with Crippen LogP contribution in [-0.4, -0.2) is 0 Å². The van der Waals surface area contributed by atoms with Crippen molar-refractivity contribution in [2.24, 2.45) is 0 Å². The average molecular weight is 752 g/mol. The predicted octanol–water partition coefficient (Wildman–Crippen LogP) is 16.2. The van der Waals surface area contributed by atoms with E-state index in [4.69, 9.17) is 0 Å². The van der Waals surface area contributed by atoms with Gasteiger partial charge in [0.1, 0.15) is 0 Å². The SMILES string of the molecule is CC1(C)CC(C)(C)c2cc(-c3ccc(-c4ccc(N(c5ccc(-c6ccccc6)cc5)c5ccc(-c6cccc7c6sc6ccccc67)cc5)cc4)cc3)ccc21. The minimum Gasteiger partial charge on any atom is -0.311 e. The summed E-state index contributed by atoms with van der Waals surface area (Å²) in [6.07, 6.45) is 1.18. The largest absolute Gasteiger partial charge is 0.311 e. The zero-order chi connectivity index (χ0) is 38.7. The molecule has 0 amide bonds. The van der Waals surface area contributed by atoms with Crippen molar-refractivity contribution < 1.29 is 0 Å². The maximum atomic E-state index is 2.44. The first-order valence-electron chi connectivity index (χ1n) is 20.0. The molecule has 0 saturated heterocycles. The molecule has 1 nitrogen and oxygen atoms in total. The maximum Gasteiger partial charge on any atom is 0.0462 e. The smallest absolute Gasteiger partial charge is 0.0462 e. The Kier molecular flexibility index (Phi) is 8.50. The molecule has 276 valence electrons. The van der Waals surface area contributed by atoms with Gasteiger partial charge >= 0.3 is 0 Å². The van der Waals surface area contributed by atoms with Crippen LogP contribution >= 0.6 is 11.3 Å². The highest BCUT2D eigenvalue weighted by Crippen LogP contribution is 2.50. The van der Waals surface area contributed by atoms with Gasteiger partial charge in [-0.1, -0.05) is 173 Å². The molecule has 0 N–H and O–H groups in total. The lowest BCUT2D eigenvalue weighted by atomic mass is 9.82. The molecule has 1 aliphatic rings. The molecule has 2 heteroatoms. The Hall–Kier alpha value is -6.22. The normalized spacial score (nSPS) is 14.2. The zero-order valence-electron chi connectivity index (χ0n) is 33.0. The Bertz CT molecular complexity index is 2880. The minimum atomic E-state index is 0.185. The Labute approximate surface area is 340 Å². The Morgan fingerprint density at radius 2 is 0.842 bits per heavy atom. The Balaban J connectivity index is 0.975. The molecular formula is C55H45NS. The molecule has 10 rings (SSSR count). The fraction of sp³-hybridized carbons (Fsp3) is 0.127. The molecule has 0 saturated carbocycles. The summed E-state index contributed by atoms with van der Waals surface area (Å²) >= 11 is 1.88. The van der Waals surface area contributed by atoms with Crippen LogP contribution in [0.3, 0.4) is 0 Å². The van der Waals surface area contributed by atoms with Crippen molar-refractivity contribution >= 4 is 48.6 Å². The highest BCUT2D eigenvalue weighted by Gasteiger charge is 2.41. The summed E-state index contributed by atoms with van der Waals surface area (Å²) in [5.74, 6) is 0. The fourth-order valence-corrected chi connectivity index (χ4v) is 10.7. The number of hydrogen-bond donors (Lipinski definition) is 0. The van der Waals surface area contributed by atoms with E-state index in [0.29, 0.717) is 0 Å². The molecule has 9 aromatic rings. The van der Waals surface area contributed by atoms with Crippen LogP contribution < -0.4 is 4.90 Å². The van der Waals surface area contributed by atoms with Gasteiger partial charge in [-0.05, 0) is 115 Å². The lowest BCUT2D eigenvalue weighted by Gasteiger charge is -2.26. The first-order chi connectivity index (χ1) is 27.7. The van der Waals surface area contributed by atoms with Crippen LogP contribution in [0.4, 0.5) is 17.1 Å². The molecule has 0 spiro atoms. The highest BCUT2D eigenvalue weighted by molar-refractivity contribution is 7.26. The van der Waals surface area contributed by atoms with Gasteiger partial charge in [-0.25, -0.2) is 0 Å². The quantitative estimate of drug-likeness (QED) is 0.157. The molecule has 0 aliphatic heterocycles. The van der Waals surface area contributed by atoms with Crippen LogP contribution in [0.1, 0.15) is 45.2 Å². The summed E-state index contributed by atoms with van der Waals surface area (Å²) in [6.45, 7) is 9.54. The molecule has 0 bridgehead atoms. The van der Waals surface area contributed by atoms with Gasteiger partial charge < -0.3 is 4.90 Å². The summed E-state index contributed by atoms with van der Waals surface area (Å²) < 4.78 is 2.66. The fourth-order valence-electron chi connectivity index (χ4n) is 9.47. The van der Waals surface area contributed by atoms with Crippen molar-refractivity contribution in [3.63, 3.8) is 0 Å². The number of fused-ring (bicyclic) bond motifs is 4. The molecular weight excluding hydrogens is 707 g/mol. The van der Waals surface area contributed by atoms with Crippen molar-refractivity contribution in [3.05, 3.63) is 199 Å². The second-order valence-electron chi connectivity index (χ2n) is 16.9. The lowest BCUT2D eigenvalue weighted by molar-refractivity contribution is 0.403. The molecule has 0 unspecified atom stereocenters. The van der Waals surface area contributed by atoms with Gasteiger partial charge in [0.05, 0.1) is 0 Å². The van der Waals surface area contributed by atoms with Crippen molar-refractivity contribution in [2.45, 2.75) is 44.9 Å². The molecule has 0 fully saturated rings. The molecule has 1 heterocycles. The second-order valence-corrected chi connectivity index (χ2v) is 18.0. The number of hydrogen-bond acceptors (Lipinski definition) is 2. The predicted molar refractivity (Wildman–Crippen MR) is 246 cm³/mol. The summed E-state index contributed by atoms with van der Waals surface area (Å²) in [5, 5.41) is 2.65. The van der Waals surface area contributed by atoms with Gasteiger partial charge in [0.2, 0.25) is 0 Å². The maximum absolute atomic E-state index is 2.44. The molecule has 8 aromatic carbocycles. The molecule has 1 aliphatic carbocycles. The zero-order valence-corrected chi connectivity index (χ0v) is 33.8. The summed E-state index contributed by atoms with van der Waals surface area (Å²) in [5.41, 5.74) is 16.6. The molecule has 0 atom stereocenters. The molecule has 0 radical (unpaired) electrons. The third kappa shape index (κ3) is 6.35.